The van der Waals surface area contributed by atoms with E-state index in [1.807, 2.05) is 0 Å². The first-order chi connectivity index (χ1) is 7.91. The molecule has 0 bridgehead atoms. The zero-order valence-corrected chi connectivity index (χ0v) is 11.4. The van der Waals surface area contributed by atoms with Gasteiger partial charge in [-0.25, -0.2) is 0 Å². The van der Waals surface area contributed by atoms with Crippen molar-refractivity contribution in [3.05, 3.63) is 38.5 Å². The Morgan fingerprint density at radius 2 is 1.82 bits per heavy atom. The van der Waals surface area contributed by atoms with Crippen molar-refractivity contribution in [1.82, 2.24) is 4.98 Å². The Bertz CT molecular complexity index is 637. The van der Waals surface area contributed by atoms with Crippen LogP contribution in [-0.4, -0.2) is 10.8 Å². The van der Waals surface area contributed by atoms with Crippen LogP contribution in [0.15, 0.2) is 12.1 Å². The highest BCUT2D eigenvalue weighted by Crippen LogP contribution is 2.37. The fraction of sp³-hybridized carbons (Fsp3) is 0.167. The fourth-order valence-corrected chi connectivity index (χ4v) is 2.46. The Morgan fingerprint density at radius 1 is 1.18 bits per heavy atom. The molecule has 0 aliphatic heterocycles. The van der Waals surface area contributed by atoms with Gasteiger partial charge in [-0.05, 0) is 26.0 Å². The molecule has 1 heterocycles. The SMILES string of the molecule is CC(=O)c1cc(C)nc2c(Cl)cc(Cl)c(Cl)c12. The molecule has 5 heteroatoms. The standard InChI is InChI=1S/C12H8Cl3NO/c1-5-3-7(6(2)17)10-11(15)8(13)4-9(14)12(10)16-5/h3-4H,1-2H3. The van der Waals surface area contributed by atoms with Crippen LogP contribution in [0.2, 0.25) is 15.1 Å². The minimum absolute atomic E-state index is 0.0965. The normalized spacial score (nSPS) is 10.9. The Morgan fingerprint density at radius 3 is 2.41 bits per heavy atom. The molecule has 2 aromatic rings. The third kappa shape index (κ3) is 2.13. The lowest BCUT2D eigenvalue weighted by Gasteiger charge is -2.09. The number of hydrogen-bond acceptors (Lipinski definition) is 2. The first-order valence-electron chi connectivity index (χ1n) is 4.87. The van der Waals surface area contributed by atoms with Gasteiger partial charge in [0.05, 0.1) is 20.6 Å². The predicted octanol–water partition coefficient (Wildman–Crippen LogP) is 4.71. The lowest BCUT2D eigenvalue weighted by atomic mass is 10.0. The van der Waals surface area contributed by atoms with Gasteiger partial charge in [0.2, 0.25) is 0 Å². The number of aryl methyl sites for hydroxylation is 1. The van der Waals surface area contributed by atoms with Crippen LogP contribution in [0.4, 0.5) is 0 Å². The van der Waals surface area contributed by atoms with E-state index < -0.39 is 0 Å². The largest absolute Gasteiger partial charge is 0.294 e. The number of ketones is 1. The van der Waals surface area contributed by atoms with Crippen LogP contribution in [0, 0.1) is 6.92 Å². The number of carbonyl (C=O) groups is 1. The maximum atomic E-state index is 11.6. The summed E-state index contributed by atoms with van der Waals surface area (Å²) < 4.78 is 0. The van der Waals surface area contributed by atoms with Gasteiger partial charge in [0.1, 0.15) is 0 Å². The van der Waals surface area contributed by atoms with Gasteiger partial charge in [-0.15, -0.1) is 0 Å². The molecule has 1 aromatic heterocycles. The molecule has 0 atom stereocenters. The molecule has 2 rings (SSSR count). The summed E-state index contributed by atoms with van der Waals surface area (Å²) >= 11 is 18.1. The van der Waals surface area contributed by atoms with Crippen molar-refractivity contribution in [1.29, 1.82) is 0 Å². The molecular weight excluding hydrogens is 280 g/mol. The highest BCUT2D eigenvalue weighted by molar-refractivity contribution is 6.48. The monoisotopic (exact) mass is 287 g/mol. The lowest BCUT2D eigenvalue weighted by Crippen LogP contribution is -1.98. The van der Waals surface area contributed by atoms with Crippen molar-refractivity contribution in [3.8, 4) is 0 Å². The average Bonchev–Trinajstić information content (AvgIpc) is 2.25. The van der Waals surface area contributed by atoms with Crippen molar-refractivity contribution in [3.63, 3.8) is 0 Å². The highest BCUT2D eigenvalue weighted by atomic mass is 35.5. The Kier molecular flexibility index (Phi) is 3.30. The van der Waals surface area contributed by atoms with Gasteiger partial charge in [-0.3, -0.25) is 9.78 Å². The van der Waals surface area contributed by atoms with Gasteiger partial charge in [0, 0.05) is 16.6 Å². The number of nitrogens with zero attached hydrogens (tertiary/aromatic N) is 1. The molecule has 0 N–H and O–H groups in total. The molecule has 0 saturated heterocycles. The van der Waals surface area contributed by atoms with Crippen LogP contribution in [-0.2, 0) is 0 Å². The van der Waals surface area contributed by atoms with E-state index in [1.165, 1.54) is 13.0 Å². The number of Topliss-reactive ketones (excluding diaryl/α,β-unsaturated/α-hetero) is 1. The summed E-state index contributed by atoms with van der Waals surface area (Å²) in [6.45, 7) is 3.27. The summed E-state index contributed by atoms with van der Waals surface area (Å²) in [5.41, 5.74) is 1.70. The summed E-state index contributed by atoms with van der Waals surface area (Å²) in [7, 11) is 0. The van der Waals surface area contributed by atoms with Crippen molar-refractivity contribution in [2.24, 2.45) is 0 Å². The highest BCUT2D eigenvalue weighted by Gasteiger charge is 2.16. The molecule has 0 radical (unpaired) electrons. The van der Waals surface area contributed by atoms with E-state index in [4.69, 9.17) is 34.8 Å². The molecule has 0 spiro atoms. The predicted molar refractivity (Wildman–Crippen MR) is 71.5 cm³/mol. The number of benzene rings is 1. The van der Waals surface area contributed by atoms with E-state index in [9.17, 15) is 4.79 Å². The van der Waals surface area contributed by atoms with Gasteiger partial charge in [-0.1, -0.05) is 34.8 Å². The first-order valence-corrected chi connectivity index (χ1v) is 6.01. The molecule has 0 amide bonds. The molecule has 88 valence electrons. The van der Waals surface area contributed by atoms with E-state index >= 15 is 0 Å². The van der Waals surface area contributed by atoms with E-state index in [0.29, 0.717) is 37.2 Å². The van der Waals surface area contributed by atoms with E-state index in [0.717, 1.165) is 0 Å². The summed E-state index contributed by atoms with van der Waals surface area (Å²) in [5, 5.41) is 1.53. The minimum atomic E-state index is -0.0965. The average molecular weight is 289 g/mol. The van der Waals surface area contributed by atoms with Crippen LogP contribution in [0.25, 0.3) is 10.9 Å². The van der Waals surface area contributed by atoms with Crippen LogP contribution in [0.5, 0.6) is 0 Å². The molecule has 0 fully saturated rings. The molecular formula is C12H8Cl3NO. The molecule has 2 nitrogen and oxygen atoms in total. The quantitative estimate of drug-likeness (QED) is 0.562. The van der Waals surface area contributed by atoms with Crippen LogP contribution in [0.3, 0.4) is 0 Å². The number of halogens is 3. The number of aromatic nitrogens is 1. The van der Waals surface area contributed by atoms with Crippen LogP contribution < -0.4 is 0 Å². The van der Waals surface area contributed by atoms with Crippen molar-refractivity contribution in [2.75, 3.05) is 0 Å². The molecule has 0 saturated carbocycles. The second-order valence-electron chi connectivity index (χ2n) is 3.75. The Balaban J connectivity index is 3.05. The second-order valence-corrected chi connectivity index (χ2v) is 4.94. The van der Waals surface area contributed by atoms with E-state index in [2.05, 4.69) is 4.98 Å². The van der Waals surface area contributed by atoms with Gasteiger partial charge in [-0.2, -0.15) is 0 Å². The van der Waals surface area contributed by atoms with Gasteiger partial charge in [0.25, 0.3) is 0 Å². The Hall–Kier alpha value is -0.830. The third-order valence-electron chi connectivity index (χ3n) is 2.44. The fourth-order valence-electron chi connectivity index (χ4n) is 1.71. The third-order valence-corrected chi connectivity index (χ3v) is 3.51. The smallest absolute Gasteiger partial charge is 0.160 e. The maximum absolute atomic E-state index is 11.6. The van der Waals surface area contributed by atoms with Gasteiger partial charge < -0.3 is 0 Å². The summed E-state index contributed by atoms with van der Waals surface area (Å²) in [4.78, 5) is 15.9. The molecule has 1 aromatic carbocycles. The maximum Gasteiger partial charge on any atom is 0.160 e. The number of carbonyl (C=O) groups excluding carboxylic acids is 1. The summed E-state index contributed by atoms with van der Waals surface area (Å²) in [5.74, 6) is -0.0965. The van der Waals surface area contributed by atoms with Crippen molar-refractivity contribution >= 4 is 51.5 Å². The van der Waals surface area contributed by atoms with Crippen molar-refractivity contribution < 1.29 is 4.79 Å². The Labute approximate surface area is 113 Å². The number of hydrogen-bond donors (Lipinski definition) is 0. The van der Waals surface area contributed by atoms with Crippen molar-refractivity contribution in [2.45, 2.75) is 13.8 Å². The molecule has 17 heavy (non-hydrogen) atoms. The topological polar surface area (TPSA) is 30.0 Å². The van der Waals surface area contributed by atoms with E-state index in [-0.39, 0.29) is 5.78 Å². The number of fused-ring (bicyclic) bond motifs is 1. The minimum Gasteiger partial charge on any atom is -0.294 e. The van der Waals surface area contributed by atoms with E-state index in [1.54, 1.807) is 13.0 Å². The lowest BCUT2D eigenvalue weighted by molar-refractivity contribution is 0.101. The van der Waals surface area contributed by atoms with Crippen LogP contribution >= 0.6 is 34.8 Å². The number of pyridine rings is 1. The van der Waals surface area contributed by atoms with Crippen LogP contribution in [0.1, 0.15) is 23.0 Å². The zero-order valence-electron chi connectivity index (χ0n) is 9.14. The zero-order chi connectivity index (χ0) is 12.7. The first kappa shape index (κ1) is 12.6. The second kappa shape index (κ2) is 4.45. The van der Waals surface area contributed by atoms with Gasteiger partial charge in [0.15, 0.2) is 5.78 Å². The summed E-state index contributed by atoms with van der Waals surface area (Å²) in [6, 6.07) is 3.22. The molecule has 0 aliphatic carbocycles. The number of rotatable bonds is 1. The molecule has 0 unspecified atom stereocenters. The summed E-state index contributed by atoms with van der Waals surface area (Å²) in [6.07, 6.45) is 0. The molecule has 0 aliphatic rings. The van der Waals surface area contributed by atoms with Gasteiger partial charge >= 0.3 is 0 Å².